The zero-order valence-corrected chi connectivity index (χ0v) is 10.6. The van der Waals surface area contributed by atoms with Gasteiger partial charge in [-0.2, -0.15) is 0 Å². The number of hydrogen-bond donors (Lipinski definition) is 4. The van der Waals surface area contributed by atoms with Gasteiger partial charge in [-0.15, -0.1) is 0 Å². The van der Waals surface area contributed by atoms with E-state index in [4.69, 9.17) is 19.6 Å². The zero-order chi connectivity index (χ0) is 8.00. The topological polar surface area (TPSA) is 80.9 Å². The van der Waals surface area contributed by atoms with E-state index in [2.05, 4.69) is 0 Å². The summed E-state index contributed by atoms with van der Waals surface area (Å²) in [6, 6.07) is 0. The Bertz CT molecular complexity index is 12.5. The molecule has 0 aromatic carbocycles. The minimum atomic E-state index is 0. The molecule has 0 fully saturated rings. The van der Waals surface area contributed by atoms with E-state index in [1.807, 2.05) is 0 Å². The predicted molar refractivity (Wildman–Crippen MR) is 47.7 cm³/mol. The van der Waals surface area contributed by atoms with Crippen LogP contribution in [0.2, 0.25) is 0 Å². The molecule has 0 spiro atoms. The molecule has 66 valence electrons. The van der Waals surface area contributed by atoms with Gasteiger partial charge in [0.25, 0.3) is 0 Å². The van der Waals surface area contributed by atoms with Crippen molar-refractivity contribution in [3.05, 3.63) is 0 Å². The Morgan fingerprint density at radius 2 is 0.444 bits per heavy atom. The van der Waals surface area contributed by atoms with E-state index in [-0.39, 0.29) is 20.4 Å². The van der Waals surface area contributed by atoms with Crippen LogP contribution in [0.1, 0.15) is 0 Å². The van der Waals surface area contributed by atoms with Crippen LogP contribution in [0.25, 0.3) is 0 Å². The minimum Gasteiger partial charge on any atom is -0.380 e. The molecule has 4 nitrogen and oxygen atoms in total. The van der Waals surface area contributed by atoms with Crippen LogP contribution < -0.4 is 0 Å². The van der Waals surface area contributed by atoms with Gasteiger partial charge in [0.05, 0.1) is 0 Å². The Labute approximate surface area is 78.0 Å². The largest absolute Gasteiger partial charge is 0.380 e. The van der Waals surface area contributed by atoms with Crippen LogP contribution in [-0.4, -0.2) is 19.6 Å². The van der Waals surface area contributed by atoms with Crippen LogP contribution in [0.4, 0.5) is 0 Å². The molecule has 4 unspecified atom stereocenters. The molecule has 0 bridgehead atoms. The summed E-state index contributed by atoms with van der Waals surface area (Å²) in [4.78, 5) is 27.7. The van der Waals surface area contributed by atoms with Crippen LogP contribution in [0.3, 0.4) is 0 Å². The summed E-state index contributed by atoms with van der Waals surface area (Å²) in [5, 5.41) is 0. The van der Waals surface area contributed by atoms with Crippen molar-refractivity contribution >= 4 is 37.9 Å². The molecule has 0 saturated heterocycles. The average molecular weight is 306 g/mol. The monoisotopic (exact) mass is 306 g/mol. The van der Waals surface area contributed by atoms with Gasteiger partial charge >= 0.3 is 0 Å². The third kappa shape index (κ3) is 140. The summed E-state index contributed by atoms with van der Waals surface area (Å²) in [6.07, 6.45) is 0. The van der Waals surface area contributed by atoms with Crippen molar-refractivity contribution in [3.63, 3.8) is 0 Å². The third-order valence-corrected chi connectivity index (χ3v) is 0. The maximum absolute atomic E-state index is 6.92. The van der Waals surface area contributed by atoms with Gasteiger partial charge in [-0.05, 0) is 37.9 Å². The van der Waals surface area contributed by atoms with Gasteiger partial charge in [-0.1, -0.05) is 0 Å². The molecule has 4 atom stereocenters. The van der Waals surface area contributed by atoms with Gasteiger partial charge in [-0.25, -0.2) is 0 Å². The van der Waals surface area contributed by atoms with Crippen molar-refractivity contribution in [3.8, 4) is 0 Å². The molecule has 0 aliphatic heterocycles. The van der Waals surface area contributed by atoms with Crippen LogP contribution in [0, 0.1) is 0 Å². The van der Waals surface area contributed by atoms with Gasteiger partial charge in [-0.3, -0.25) is 0 Å². The Morgan fingerprint density at radius 1 is 0.444 bits per heavy atom. The quantitative estimate of drug-likeness (QED) is 0.344. The molecular formula is H12O4P4Pd. The molecule has 9 heteroatoms. The fourth-order valence-electron chi connectivity index (χ4n) is 0. The molecular weight excluding hydrogens is 294 g/mol. The maximum Gasteiger partial charge on any atom is 0 e. The first-order valence-corrected chi connectivity index (χ1v) is 3.10. The van der Waals surface area contributed by atoms with E-state index < -0.39 is 0 Å². The minimum absolute atomic E-state index is 0. The van der Waals surface area contributed by atoms with Gasteiger partial charge in [0.1, 0.15) is 0 Å². The van der Waals surface area contributed by atoms with Crippen molar-refractivity contribution in [2.45, 2.75) is 0 Å². The number of hydrogen-bond acceptors (Lipinski definition) is 4. The number of rotatable bonds is 0. The Hall–Kier alpha value is 2.22. The molecule has 0 amide bonds. The predicted octanol–water partition coefficient (Wildman–Crippen LogP) is -0.927. The molecule has 0 heterocycles. The second-order valence-electron chi connectivity index (χ2n) is 0. The fourth-order valence-corrected chi connectivity index (χ4v) is 0. The van der Waals surface area contributed by atoms with Crippen LogP contribution >= 0.6 is 37.9 Å². The SMILES string of the molecule is OP.OP.OP.OP.[Pd]. The molecule has 0 aliphatic carbocycles. The first kappa shape index (κ1) is 30.3. The molecule has 0 aromatic heterocycles. The second kappa shape index (κ2) is 176. The molecule has 0 radical (unpaired) electrons. The van der Waals surface area contributed by atoms with Crippen molar-refractivity contribution in [2.24, 2.45) is 0 Å². The van der Waals surface area contributed by atoms with E-state index in [0.717, 1.165) is 0 Å². The molecule has 4 N–H and O–H groups in total. The summed E-state index contributed by atoms with van der Waals surface area (Å²) in [7, 11) is 5.67. The van der Waals surface area contributed by atoms with E-state index in [0.29, 0.717) is 0 Å². The average Bonchev–Trinajstić information content (AvgIpc) is 2.03. The smallest absolute Gasteiger partial charge is 0 e. The summed E-state index contributed by atoms with van der Waals surface area (Å²) in [6.45, 7) is 0. The van der Waals surface area contributed by atoms with Crippen LogP contribution in [0.15, 0.2) is 0 Å². The van der Waals surface area contributed by atoms with E-state index in [1.54, 1.807) is 0 Å². The van der Waals surface area contributed by atoms with Crippen molar-refractivity contribution in [2.75, 3.05) is 0 Å². The maximum atomic E-state index is 6.92. The van der Waals surface area contributed by atoms with Crippen molar-refractivity contribution in [1.29, 1.82) is 0 Å². The molecule has 0 saturated carbocycles. The Balaban J connectivity index is -0.00000000762. The Kier molecular flexibility index (Phi) is 592. The van der Waals surface area contributed by atoms with Gasteiger partial charge < -0.3 is 19.6 Å². The van der Waals surface area contributed by atoms with Gasteiger partial charge in [0, 0.05) is 20.4 Å². The summed E-state index contributed by atoms with van der Waals surface area (Å²) in [5.74, 6) is 0. The molecule has 0 aromatic rings. The van der Waals surface area contributed by atoms with Crippen LogP contribution in [0.5, 0.6) is 0 Å². The van der Waals surface area contributed by atoms with E-state index in [9.17, 15) is 0 Å². The van der Waals surface area contributed by atoms with Gasteiger partial charge in [0.15, 0.2) is 0 Å². The molecule has 9 heavy (non-hydrogen) atoms. The van der Waals surface area contributed by atoms with Crippen LogP contribution in [-0.2, 0) is 20.4 Å². The van der Waals surface area contributed by atoms with Gasteiger partial charge in [0.2, 0.25) is 0 Å². The first-order chi connectivity index (χ1) is 4.00. The zero-order valence-electron chi connectivity index (χ0n) is 4.41. The van der Waals surface area contributed by atoms with Crippen molar-refractivity contribution < 1.29 is 40.0 Å². The summed E-state index contributed by atoms with van der Waals surface area (Å²) < 4.78 is 0. The molecule has 0 rings (SSSR count). The summed E-state index contributed by atoms with van der Waals surface area (Å²) in [5.41, 5.74) is 0. The standard InChI is InChI=1S/4H3OP.Pd/c4*1-2;/h4*1H,2H2;. The first-order valence-electron chi connectivity index (χ1n) is 1.03. The third-order valence-electron chi connectivity index (χ3n) is 0. The fraction of sp³-hybridized carbons (Fsp3) is 0. The Morgan fingerprint density at radius 3 is 0.444 bits per heavy atom. The van der Waals surface area contributed by atoms with E-state index in [1.165, 1.54) is 37.9 Å². The normalized spacial score (nSPS) is 2.67. The molecule has 0 aliphatic rings. The summed E-state index contributed by atoms with van der Waals surface area (Å²) >= 11 is 0. The van der Waals surface area contributed by atoms with Crippen molar-refractivity contribution in [1.82, 2.24) is 0 Å². The second-order valence-corrected chi connectivity index (χ2v) is 0. The van der Waals surface area contributed by atoms with E-state index >= 15 is 0 Å².